The van der Waals surface area contributed by atoms with E-state index >= 15 is 0 Å². The lowest BCUT2D eigenvalue weighted by molar-refractivity contribution is 0.102. The van der Waals surface area contributed by atoms with Crippen LogP contribution in [-0.4, -0.2) is 48.0 Å². The van der Waals surface area contributed by atoms with Crippen molar-refractivity contribution in [1.82, 2.24) is 9.97 Å². The van der Waals surface area contributed by atoms with Gasteiger partial charge in [-0.1, -0.05) is 23.9 Å². The van der Waals surface area contributed by atoms with E-state index in [9.17, 15) is 4.79 Å². The predicted molar refractivity (Wildman–Crippen MR) is 113 cm³/mol. The van der Waals surface area contributed by atoms with E-state index in [1.54, 1.807) is 30.8 Å². The number of ether oxygens (including phenoxy) is 1. The number of anilines is 2. The second kappa shape index (κ2) is 8.05. The van der Waals surface area contributed by atoms with Gasteiger partial charge in [-0.25, -0.2) is 4.98 Å². The van der Waals surface area contributed by atoms with Crippen molar-refractivity contribution in [2.24, 2.45) is 10.7 Å². The van der Waals surface area contributed by atoms with Crippen molar-refractivity contribution in [3.05, 3.63) is 41.7 Å². The Kier molecular flexibility index (Phi) is 5.73. The van der Waals surface area contributed by atoms with Gasteiger partial charge in [-0.05, 0) is 31.0 Å². The molecule has 2 heterocycles. The number of nitrogens with two attached hydrogens (primary N) is 1. The zero-order valence-corrected chi connectivity index (χ0v) is 17.2. The quantitative estimate of drug-likeness (QED) is 0.794. The summed E-state index contributed by atoms with van der Waals surface area (Å²) >= 11 is 1.56. The molecule has 0 saturated carbocycles. The van der Waals surface area contributed by atoms with Gasteiger partial charge in [-0.15, -0.1) is 0 Å². The minimum absolute atomic E-state index is 0.221. The van der Waals surface area contributed by atoms with Crippen molar-refractivity contribution in [3.8, 4) is 5.88 Å². The van der Waals surface area contributed by atoms with Gasteiger partial charge in [0.05, 0.1) is 18.8 Å². The maximum Gasteiger partial charge on any atom is 0.278 e. The van der Waals surface area contributed by atoms with Crippen LogP contribution in [0.4, 0.5) is 11.5 Å². The number of rotatable bonds is 5. The van der Waals surface area contributed by atoms with Crippen LogP contribution in [0.1, 0.15) is 29.4 Å². The first-order chi connectivity index (χ1) is 13.3. The van der Waals surface area contributed by atoms with Crippen molar-refractivity contribution < 1.29 is 9.53 Å². The highest BCUT2D eigenvalue weighted by Gasteiger charge is 2.29. The summed E-state index contributed by atoms with van der Waals surface area (Å²) in [6, 6.07) is 7.66. The van der Waals surface area contributed by atoms with E-state index < -0.39 is 5.54 Å². The minimum atomic E-state index is -0.398. The maximum absolute atomic E-state index is 12.8. The number of aromatic nitrogens is 2. The number of nitrogens with one attached hydrogen (secondary N) is 1. The number of methoxy groups -OCH3 is 1. The average molecular weight is 401 g/mol. The second-order valence-corrected chi connectivity index (χ2v) is 7.95. The molecule has 148 valence electrons. The number of aliphatic imine (C=N–C) groups is 1. The first kappa shape index (κ1) is 19.9. The van der Waals surface area contributed by atoms with Crippen LogP contribution in [0, 0.1) is 0 Å². The number of hydrogen-bond donors (Lipinski definition) is 2. The number of amidine groups is 1. The molecule has 3 N–H and O–H groups in total. The summed E-state index contributed by atoms with van der Waals surface area (Å²) in [6.45, 7) is 2.06. The molecule has 1 aromatic heterocycles. The molecule has 1 amide bonds. The predicted octanol–water partition coefficient (Wildman–Crippen LogP) is 2.47. The first-order valence-corrected chi connectivity index (χ1v) is 9.79. The summed E-state index contributed by atoms with van der Waals surface area (Å²) in [4.78, 5) is 27.7. The Hall–Kier alpha value is -2.81. The van der Waals surface area contributed by atoms with Gasteiger partial charge in [0.2, 0.25) is 5.88 Å². The van der Waals surface area contributed by atoms with E-state index in [0.717, 1.165) is 17.7 Å². The summed E-state index contributed by atoms with van der Waals surface area (Å²) in [5, 5.41) is 3.50. The summed E-state index contributed by atoms with van der Waals surface area (Å²) in [5.41, 5.74) is 7.41. The third-order valence-corrected chi connectivity index (χ3v) is 5.31. The fraction of sp³-hybridized carbons (Fsp3) is 0.368. The van der Waals surface area contributed by atoms with E-state index in [0.29, 0.717) is 22.6 Å². The van der Waals surface area contributed by atoms with Crippen molar-refractivity contribution in [2.75, 3.05) is 37.2 Å². The van der Waals surface area contributed by atoms with Crippen LogP contribution in [0.5, 0.6) is 5.88 Å². The zero-order chi connectivity index (χ0) is 20.3. The molecule has 0 saturated heterocycles. The molecule has 9 heteroatoms. The van der Waals surface area contributed by atoms with Crippen LogP contribution in [0.25, 0.3) is 0 Å². The van der Waals surface area contributed by atoms with Crippen LogP contribution in [0.3, 0.4) is 0 Å². The van der Waals surface area contributed by atoms with Crippen molar-refractivity contribution in [1.29, 1.82) is 0 Å². The van der Waals surface area contributed by atoms with Gasteiger partial charge in [-0.2, -0.15) is 4.98 Å². The largest absolute Gasteiger partial charge is 0.480 e. The lowest BCUT2D eigenvalue weighted by atomic mass is 9.89. The summed E-state index contributed by atoms with van der Waals surface area (Å²) < 4.78 is 5.10. The normalized spacial score (nSPS) is 18.9. The fourth-order valence-corrected chi connectivity index (χ4v) is 3.93. The molecule has 0 radical (unpaired) electrons. The molecule has 2 aromatic rings. The molecular formula is C19H24N6O2S. The van der Waals surface area contributed by atoms with Crippen LogP contribution in [-0.2, 0) is 5.54 Å². The van der Waals surface area contributed by atoms with Crippen LogP contribution in [0.15, 0.2) is 35.5 Å². The monoisotopic (exact) mass is 400 g/mol. The van der Waals surface area contributed by atoms with Crippen LogP contribution < -0.4 is 20.7 Å². The molecule has 1 aliphatic rings. The minimum Gasteiger partial charge on any atom is -0.480 e. The molecule has 28 heavy (non-hydrogen) atoms. The lowest BCUT2D eigenvalue weighted by Crippen LogP contribution is -2.29. The summed E-state index contributed by atoms with van der Waals surface area (Å²) in [7, 11) is 5.10. The smallest absolute Gasteiger partial charge is 0.278 e. The lowest BCUT2D eigenvalue weighted by Gasteiger charge is -2.30. The summed E-state index contributed by atoms with van der Waals surface area (Å²) in [6.07, 6.45) is 2.31. The molecule has 3 rings (SSSR count). The van der Waals surface area contributed by atoms with Gasteiger partial charge in [0.15, 0.2) is 16.7 Å². The SMILES string of the molecule is COc1cnc(C(=O)Nc2cccc(C3(C)CCSC(N)=N3)c2)c(N(C)C)n1. The zero-order valence-electron chi connectivity index (χ0n) is 16.4. The molecule has 0 fully saturated rings. The van der Waals surface area contributed by atoms with Gasteiger partial charge in [0, 0.05) is 25.5 Å². The Morgan fingerprint density at radius 2 is 2.18 bits per heavy atom. The molecule has 8 nitrogen and oxygen atoms in total. The van der Waals surface area contributed by atoms with Crippen molar-refractivity contribution in [2.45, 2.75) is 18.9 Å². The van der Waals surface area contributed by atoms with E-state index in [4.69, 9.17) is 10.5 Å². The first-order valence-electron chi connectivity index (χ1n) is 8.81. The molecule has 1 aliphatic heterocycles. The summed E-state index contributed by atoms with van der Waals surface area (Å²) in [5.74, 6) is 1.35. The van der Waals surface area contributed by atoms with Gasteiger partial charge < -0.3 is 20.7 Å². The fourth-order valence-electron chi connectivity index (χ4n) is 2.95. The van der Waals surface area contributed by atoms with Crippen molar-refractivity contribution in [3.63, 3.8) is 0 Å². The number of amides is 1. The Labute approximate surface area is 168 Å². The van der Waals surface area contributed by atoms with Crippen LogP contribution >= 0.6 is 11.8 Å². The van der Waals surface area contributed by atoms with Gasteiger partial charge in [0.25, 0.3) is 5.91 Å². The van der Waals surface area contributed by atoms with E-state index in [1.807, 2.05) is 24.3 Å². The second-order valence-electron chi connectivity index (χ2n) is 6.84. The third-order valence-electron chi connectivity index (χ3n) is 4.52. The highest BCUT2D eigenvalue weighted by molar-refractivity contribution is 8.13. The van der Waals surface area contributed by atoms with Gasteiger partial charge in [-0.3, -0.25) is 9.79 Å². The Morgan fingerprint density at radius 3 is 2.86 bits per heavy atom. The Morgan fingerprint density at radius 1 is 1.39 bits per heavy atom. The molecule has 0 spiro atoms. The molecule has 1 atom stereocenters. The van der Waals surface area contributed by atoms with Crippen LogP contribution in [0.2, 0.25) is 0 Å². The average Bonchev–Trinajstić information content (AvgIpc) is 2.67. The van der Waals surface area contributed by atoms with E-state index in [2.05, 4.69) is 27.2 Å². The van der Waals surface area contributed by atoms with Gasteiger partial charge >= 0.3 is 0 Å². The number of carbonyl (C=O) groups excluding carboxylic acids is 1. The molecule has 1 aromatic carbocycles. The number of thioether (sulfide) groups is 1. The Bertz CT molecular complexity index is 917. The molecule has 1 unspecified atom stereocenters. The number of nitrogens with zero attached hydrogens (tertiary/aromatic N) is 4. The number of benzene rings is 1. The molecular weight excluding hydrogens is 376 g/mol. The van der Waals surface area contributed by atoms with E-state index in [1.165, 1.54) is 13.3 Å². The highest BCUT2D eigenvalue weighted by atomic mass is 32.2. The van der Waals surface area contributed by atoms with Gasteiger partial charge in [0.1, 0.15) is 0 Å². The Balaban J connectivity index is 1.87. The molecule has 0 aliphatic carbocycles. The standard InChI is InChI=1S/C19H24N6O2S/c1-19(8-9-28-18(20)24-19)12-6-5-7-13(10-12)22-17(26)15-16(25(2)3)23-14(27-4)11-21-15/h5-7,10-11H,8-9H2,1-4H3,(H2,20,24)(H,22,26). The number of carbonyl (C=O) groups is 1. The third kappa shape index (κ3) is 4.19. The topological polar surface area (TPSA) is 106 Å². The maximum atomic E-state index is 12.8. The number of hydrogen-bond acceptors (Lipinski definition) is 8. The molecule has 0 bridgehead atoms. The van der Waals surface area contributed by atoms with Crippen molar-refractivity contribution >= 4 is 34.3 Å². The highest BCUT2D eigenvalue weighted by Crippen LogP contribution is 2.36. The van der Waals surface area contributed by atoms with E-state index in [-0.39, 0.29) is 11.6 Å².